The maximum Gasteiger partial charge on any atom is 0.501 e. The predicted octanol–water partition coefficient (Wildman–Crippen LogP) is 3.36. The number of benzene rings is 1. The van der Waals surface area contributed by atoms with Gasteiger partial charge in [-0.15, -0.1) is 0 Å². The van der Waals surface area contributed by atoms with E-state index in [9.17, 15) is 21.6 Å². The van der Waals surface area contributed by atoms with Gasteiger partial charge in [0.25, 0.3) is 9.84 Å². The average Bonchev–Trinajstić information content (AvgIpc) is 2.27. The largest absolute Gasteiger partial charge is 0.501 e. The van der Waals surface area contributed by atoms with Gasteiger partial charge in [0.1, 0.15) is 0 Å². The lowest BCUT2D eigenvalue weighted by molar-refractivity contribution is -0.0435. The van der Waals surface area contributed by atoms with Gasteiger partial charge in [0.15, 0.2) is 0 Å². The number of hydrogen-bond donors (Lipinski definition) is 1. The molecule has 106 valence electrons. The highest BCUT2D eigenvalue weighted by Gasteiger charge is 2.47. The van der Waals surface area contributed by atoms with Crippen molar-refractivity contribution in [1.82, 2.24) is 0 Å². The summed E-state index contributed by atoms with van der Waals surface area (Å²) in [6, 6.07) is 4.97. The highest BCUT2D eigenvalue weighted by Crippen LogP contribution is 2.34. The lowest BCUT2D eigenvalue weighted by atomic mass is 10.3. The van der Waals surface area contributed by atoms with Gasteiger partial charge < -0.3 is 5.32 Å². The predicted molar refractivity (Wildman–Crippen MR) is 67.6 cm³/mol. The van der Waals surface area contributed by atoms with Crippen molar-refractivity contribution in [2.75, 3.05) is 11.9 Å². The molecule has 0 atom stereocenters. The standard InChI is InChI=1S/C12H14F3NO2S/c1-9(2)7-8-16-10-5-3-4-6-11(10)19(17,18)12(13,14)15/h3-7,16H,8H2,1-2H3. The molecule has 0 amide bonds. The number of sulfone groups is 1. The van der Waals surface area contributed by atoms with Gasteiger partial charge in [-0.25, -0.2) is 8.42 Å². The number of hydrogen-bond acceptors (Lipinski definition) is 3. The third-order valence-corrected chi connectivity index (χ3v) is 3.83. The number of nitrogens with one attached hydrogen (secondary N) is 1. The monoisotopic (exact) mass is 293 g/mol. The smallest absolute Gasteiger partial charge is 0.381 e. The average molecular weight is 293 g/mol. The zero-order chi connectivity index (χ0) is 14.7. The first kappa shape index (κ1) is 15.6. The number of anilines is 1. The van der Waals surface area contributed by atoms with Crippen LogP contribution >= 0.6 is 0 Å². The first-order valence-electron chi connectivity index (χ1n) is 5.44. The van der Waals surface area contributed by atoms with Gasteiger partial charge in [-0.3, -0.25) is 0 Å². The van der Waals surface area contributed by atoms with Crippen LogP contribution in [0.5, 0.6) is 0 Å². The summed E-state index contributed by atoms with van der Waals surface area (Å²) in [4.78, 5) is -0.760. The van der Waals surface area contributed by atoms with Crippen LogP contribution in [-0.2, 0) is 9.84 Å². The molecule has 0 aliphatic carbocycles. The van der Waals surface area contributed by atoms with E-state index in [1.165, 1.54) is 18.2 Å². The Morgan fingerprint density at radius 1 is 1.26 bits per heavy atom. The maximum atomic E-state index is 12.5. The van der Waals surface area contributed by atoms with E-state index in [1.807, 2.05) is 13.8 Å². The van der Waals surface area contributed by atoms with Gasteiger partial charge >= 0.3 is 5.51 Å². The second-order valence-electron chi connectivity index (χ2n) is 4.11. The molecule has 0 fully saturated rings. The van der Waals surface area contributed by atoms with Crippen LogP contribution in [0.2, 0.25) is 0 Å². The number of allylic oxidation sites excluding steroid dienone is 1. The van der Waals surface area contributed by atoms with Gasteiger partial charge in [0.2, 0.25) is 0 Å². The van der Waals surface area contributed by atoms with E-state index < -0.39 is 20.2 Å². The third-order valence-electron chi connectivity index (χ3n) is 2.28. The Morgan fingerprint density at radius 3 is 2.37 bits per heavy atom. The van der Waals surface area contributed by atoms with Crippen molar-refractivity contribution < 1.29 is 21.6 Å². The molecular weight excluding hydrogens is 279 g/mol. The molecule has 0 spiro atoms. The van der Waals surface area contributed by atoms with Crippen LogP contribution in [0.4, 0.5) is 18.9 Å². The lowest BCUT2D eigenvalue weighted by Gasteiger charge is -2.13. The molecule has 19 heavy (non-hydrogen) atoms. The summed E-state index contributed by atoms with van der Waals surface area (Å²) < 4.78 is 60.3. The molecule has 0 radical (unpaired) electrons. The van der Waals surface area contributed by atoms with Crippen molar-refractivity contribution in [2.24, 2.45) is 0 Å². The summed E-state index contributed by atoms with van der Waals surface area (Å²) in [6.07, 6.45) is 1.75. The van der Waals surface area contributed by atoms with Crippen molar-refractivity contribution in [3.63, 3.8) is 0 Å². The van der Waals surface area contributed by atoms with Crippen LogP contribution in [-0.4, -0.2) is 20.5 Å². The Hall–Kier alpha value is -1.50. The lowest BCUT2D eigenvalue weighted by Crippen LogP contribution is -2.24. The van der Waals surface area contributed by atoms with E-state index in [0.29, 0.717) is 0 Å². The number of para-hydroxylation sites is 1. The minimum atomic E-state index is -5.34. The minimum absolute atomic E-state index is 0.0580. The summed E-state index contributed by atoms with van der Waals surface area (Å²) >= 11 is 0. The molecule has 0 unspecified atom stereocenters. The molecule has 1 N–H and O–H groups in total. The summed E-state index contributed by atoms with van der Waals surface area (Å²) in [5, 5.41) is 2.67. The summed E-state index contributed by atoms with van der Waals surface area (Å²) in [5.41, 5.74) is -4.39. The summed E-state index contributed by atoms with van der Waals surface area (Å²) in [7, 11) is -5.34. The van der Waals surface area contributed by atoms with Crippen molar-refractivity contribution >= 4 is 15.5 Å². The van der Waals surface area contributed by atoms with Crippen molar-refractivity contribution in [1.29, 1.82) is 0 Å². The molecule has 3 nitrogen and oxygen atoms in total. The fourth-order valence-corrected chi connectivity index (χ4v) is 2.27. The zero-order valence-electron chi connectivity index (χ0n) is 10.5. The van der Waals surface area contributed by atoms with Crippen LogP contribution in [0.1, 0.15) is 13.8 Å². The van der Waals surface area contributed by atoms with Gasteiger partial charge in [0.05, 0.1) is 10.6 Å². The highest BCUT2D eigenvalue weighted by atomic mass is 32.2. The first-order chi connectivity index (χ1) is 8.66. The normalized spacial score (nSPS) is 12.1. The van der Waals surface area contributed by atoms with Gasteiger partial charge in [-0.1, -0.05) is 23.8 Å². The maximum absolute atomic E-state index is 12.5. The number of rotatable bonds is 4. The Morgan fingerprint density at radius 2 is 1.84 bits per heavy atom. The summed E-state index contributed by atoms with van der Waals surface area (Å²) in [6.45, 7) is 3.92. The minimum Gasteiger partial charge on any atom is -0.381 e. The topological polar surface area (TPSA) is 46.2 Å². The molecule has 1 rings (SSSR count). The molecule has 0 saturated heterocycles. The van der Waals surface area contributed by atoms with Crippen molar-refractivity contribution in [2.45, 2.75) is 24.3 Å². The van der Waals surface area contributed by atoms with Crippen LogP contribution < -0.4 is 5.32 Å². The fraction of sp³-hybridized carbons (Fsp3) is 0.333. The van der Waals surface area contributed by atoms with E-state index >= 15 is 0 Å². The Bertz CT molecular complexity index is 573. The van der Waals surface area contributed by atoms with Crippen LogP contribution in [0.25, 0.3) is 0 Å². The van der Waals surface area contributed by atoms with E-state index in [-0.39, 0.29) is 12.2 Å². The Kier molecular flexibility index (Phi) is 4.62. The van der Waals surface area contributed by atoms with E-state index in [0.717, 1.165) is 11.6 Å². The number of halogens is 3. The van der Waals surface area contributed by atoms with Crippen LogP contribution in [0.15, 0.2) is 40.8 Å². The second-order valence-corrected chi connectivity index (χ2v) is 6.02. The molecular formula is C12H14F3NO2S. The van der Waals surface area contributed by atoms with E-state index in [1.54, 1.807) is 6.08 Å². The van der Waals surface area contributed by atoms with E-state index in [2.05, 4.69) is 5.32 Å². The Balaban J connectivity index is 3.14. The second kappa shape index (κ2) is 5.64. The molecule has 7 heteroatoms. The molecule has 0 aliphatic heterocycles. The quantitative estimate of drug-likeness (QED) is 0.866. The zero-order valence-corrected chi connectivity index (χ0v) is 11.3. The van der Waals surface area contributed by atoms with Gasteiger partial charge in [-0.05, 0) is 26.0 Å². The van der Waals surface area contributed by atoms with Crippen LogP contribution in [0.3, 0.4) is 0 Å². The molecule has 1 aromatic carbocycles. The third kappa shape index (κ3) is 3.73. The van der Waals surface area contributed by atoms with Gasteiger partial charge in [-0.2, -0.15) is 13.2 Å². The molecule has 0 bridgehead atoms. The van der Waals surface area contributed by atoms with E-state index in [4.69, 9.17) is 0 Å². The highest BCUT2D eigenvalue weighted by molar-refractivity contribution is 7.92. The fourth-order valence-electron chi connectivity index (χ4n) is 1.34. The first-order valence-corrected chi connectivity index (χ1v) is 6.92. The van der Waals surface area contributed by atoms with Gasteiger partial charge in [0, 0.05) is 6.54 Å². The number of alkyl halides is 3. The molecule has 0 heterocycles. The Labute approximate surface area is 110 Å². The van der Waals surface area contributed by atoms with Crippen LogP contribution in [0, 0.1) is 0 Å². The molecule has 0 saturated carbocycles. The van der Waals surface area contributed by atoms with Crippen molar-refractivity contribution in [3.05, 3.63) is 35.9 Å². The molecule has 0 aromatic heterocycles. The molecule has 1 aromatic rings. The SMILES string of the molecule is CC(C)=CCNc1ccccc1S(=O)(=O)C(F)(F)F. The summed E-state index contributed by atoms with van der Waals surface area (Å²) in [5.74, 6) is 0. The molecule has 0 aliphatic rings. The van der Waals surface area contributed by atoms with Crippen molar-refractivity contribution in [3.8, 4) is 0 Å².